The van der Waals surface area contributed by atoms with E-state index in [9.17, 15) is 18.0 Å². The molecule has 0 radical (unpaired) electrons. The molecule has 1 amide bonds. The molecule has 11 heteroatoms. The van der Waals surface area contributed by atoms with Gasteiger partial charge in [-0.15, -0.1) is 5.10 Å². The fourth-order valence-electron chi connectivity index (χ4n) is 3.42. The second kappa shape index (κ2) is 8.88. The van der Waals surface area contributed by atoms with Crippen molar-refractivity contribution in [1.29, 1.82) is 0 Å². The Morgan fingerprint density at radius 2 is 2.06 bits per heavy atom. The highest BCUT2D eigenvalue weighted by Crippen LogP contribution is 2.25. The number of carbonyl (C=O) groups is 1. The number of fused-ring (bicyclic) bond motifs is 1. The van der Waals surface area contributed by atoms with Crippen molar-refractivity contribution in [1.82, 2.24) is 24.5 Å². The molecular weight excluding hydrogens is 413 g/mol. The van der Waals surface area contributed by atoms with Crippen LogP contribution in [0, 0.1) is 5.92 Å². The first-order valence-electron chi connectivity index (χ1n) is 10.4. The van der Waals surface area contributed by atoms with Gasteiger partial charge in [0.15, 0.2) is 0 Å². The van der Waals surface area contributed by atoms with Crippen LogP contribution in [0.1, 0.15) is 59.0 Å². The number of hydrogen-bond donors (Lipinski definition) is 1. The van der Waals surface area contributed by atoms with Crippen LogP contribution in [0.5, 0.6) is 0 Å². The van der Waals surface area contributed by atoms with Crippen molar-refractivity contribution in [2.75, 3.05) is 18.4 Å². The maximum Gasteiger partial charge on any atom is 0.410 e. The van der Waals surface area contributed by atoms with Gasteiger partial charge in [-0.3, -0.25) is 0 Å². The summed E-state index contributed by atoms with van der Waals surface area (Å²) in [5, 5.41) is 7.23. The van der Waals surface area contributed by atoms with Gasteiger partial charge < -0.3 is 15.0 Å². The van der Waals surface area contributed by atoms with Crippen LogP contribution in [0.2, 0.25) is 0 Å². The molecule has 1 saturated heterocycles. The van der Waals surface area contributed by atoms with Gasteiger partial charge in [-0.05, 0) is 33.1 Å². The van der Waals surface area contributed by atoms with E-state index in [0.29, 0.717) is 25.2 Å². The molecule has 172 valence electrons. The molecule has 0 aromatic carbocycles. The summed E-state index contributed by atoms with van der Waals surface area (Å²) in [6.45, 7) is 9.36. The molecule has 2 atom stereocenters. The van der Waals surface area contributed by atoms with Crippen molar-refractivity contribution < 1.29 is 22.7 Å². The Labute approximate surface area is 179 Å². The zero-order valence-electron chi connectivity index (χ0n) is 18.4. The number of piperidine rings is 1. The van der Waals surface area contributed by atoms with Crippen molar-refractivity contribution >= 4 is 17.6 Å². The quantitative estimate of drug-likeness (QED) is 0.753. The number of likely N-dealkylation sites (tertiary alicyclic amines) is 1. The summed E-state index contributed by atoms with van der Waals surface area (Å²) in [4.78, 5) is 21.6. The molecule has 0 unspecified atom stereocenters. The van der Waals surface area contributed by atoms with E-state index in [1.807, 2.05) is 13.8 Å². The highest BCUT2D eigenvalue weighted by Gasteiger charge is 2.34. The first-order valence-corrected chi connectivity index (χ1v) is 10.4. The van der Waals surface area contributed by atoms with E-state index in [2.05, 4.69) is 20.4 Å². The minimum Gasteiger partial charge on any atom is -0.444 e. The number of rotatable bonds is 5. The summed E-state index contributed by atoms with van der Waals surface area (Å²) < 4.78 is 48.1. The summed E-state index contributed by atoms with van der Waals surface area (Å²) in [6, 6.07) is -0.622. The number of amides is 1. The van der Waals surface area contributed by atoms with Gasteiger partial charge in [0, 0.05) is 13.0 Å². The summed E-state index contributed by atoms with van der Waals surface area (Å²) in [7, 11) is 0. The number of nitrogens with zero attached hydrogens (tertiary/aromatic N) is 5. The van der Waals surface area contributed by atoms with Crippen LogP contribution < -0.4 is 5.32 Å². The number of halogens is 3. The minimum atomic E-state index is -2.74. The molecule has 1 fully saturated rings. The third-order valence-electron chi connectivity index (χ3n) is 4.79. The van der Waals surface area contributed by atoms with Gasteiger partial charge in [0.25, 0.3) is 6.43 Å². The van der Waals surface area contributed by atoms with Crippen LogP contribution in [0.15, 0.2) is 6.20 Å². The maximum atomic E-state index is 14.8. The predicted octanol–water partition coefficient (Wildman–Crippen LogP) is 4.02. The average Bonchev–Trinajstić information content (AvgIpc) is 2.99. The lowest BCUT2D eigenvalue weighted by atomic mass is 10.0. The van der Waals surface area contributed by atoms with E-state index in [1.54, 1.807) is 20.8 Å². The summed E-state index contributed by atoms with van der Waals surface area (Å²) in [6.07, 6.45) is -2.60. The Bertz CT molecular complexity index is 928. The SMILES string of the molecule is CC(C)Cc1nc(C(F)F)c2cnc(N[C@@H]3CCN(C(=O)OC(C)(C)C)C[C@H]3F)nn12. The summed E-state index contributed by atoms with van der Waals surface area (Å²) in [5.74, 6) is 0.714. The van der Waals surface area contributed by atoms with Crippen LogP contribution in [-0.4, -0.2) is 61.5 Å². The highest BCUT2D eigenvalue weighted by atomic mass is 19.3. The van der Waals surface area contributed by atoms with E-state index in [4.69, 9.17) is 4.74 Å². The first-order chi connectivity index (χ1) is 14.4. The van der Waals surface area contributed by atoms with Crippen LogP contribution in [0.4, 0.5) is 23.9 Å². The van der Waals surface area contributed by atoms with Gasteiger partial charge >= 0.3 is 6.09 Å². The standard InChI is InChI=1S/C20H29F3N6O2/c1-11(2)8-15-26-16(17(22)23)14-9-24-18(27-29(14)15)25-13-6-7-28(10-12(13)21)19(30)31-20(3,4)5/h9,11-13,17H,6-8,10H2,1-5H3,(H,25,27)/t12-,13-/m1/s1. The first kappa shape index (κ1) is 23.1. The second-order valence-electron chi connectivity index (χ2n) is 9.17. The number of alkyl halides is 3. The van der Waals surface area contributed by atoms with Gasteiger partial charge in [0.05, 0.1) is 18.8 Å². The monoisotopic (exact) mass is 442 g/mol. The van der Waals surface area contributed by atoms with Gasteiger partial charge in [0.2, 0.25) is 5.95 Å². The van der Waals surface area contributed by atoms with Gasteiger partial charge in [-0.2, -0.15) is 0 Å². The molecule has 1 N–H and O–H groups in total. The zero-order valence-corrected chi connectivity index (χ0v) is 18.4. The molecule has 3 rings (SSSR count). The topological polar surface area (TPSA) is 84.7 Å². The molecule has 31 heavy (non-hydrogen) atoms. The van der Waals surface area contributed by atoms with Crippen LogP contribution in [0.3, 0.4) is 0 Å². The summed E-state index contributed by atoms with van der Waals surface area (Å²) in [5.41, 5.74) is -0.888. The lowest BCUT2D eigenvalue weighted by molar-refractivity contribution is 0.0125. The lowest BCUT2D eigenvalue weighted by Gasteiger charge is -2.35. The molecule has 0 spiro atoms. The van der Waals surface area contributed by atoms with Crippen LogP contribution >= 0.6 is 0 Å². The average molecular weight is 442 g/mol. The van der Waals surface area contributed by atoms with Gasteiger partial charge in [0.1, 0.15) is 28.8 Å². The molecular formula is C20H29F3N6O2. The Kier molecular flexibility index (Phi) is 6.61. The van der Waals surface area contributed by atoms with Crippen LogP contribution in [-0.2, 0) is 11.2 Å². The number of anilines is 1. The van der Waals surface area contributed by atoms with E-state index in [0.717, 1.165) is 0 Å². The minimum absolute atomic E-state index is 0.117. The second-order valence-corrected chi connectivity index (χ2v) is 9.17. The lowest BCUT2D eigenvalue weighted by Crippen LogP contribution is -2.51. The maximum absolute atomic E-state index is 14.8. The number of hydrogen-bond acceptors (Lipinski definition) is 6. The molecule has 2 aromatic rings. The van der Waals surface area contributed by atoms with E-state index in [-0.39, 0.29) is 29.6 Å². The molecule has 3 heterocycles. The Balaban J connectivity index is 1.74. The molecule has 1 aliphatic rings. The number of nitrogens with one attached hydrogen (secondary N) is 1. The Morgan fingerprint density at radius 3 is 2.65 bits per heavy atom. The van der Waals surface area contributed by atoms with Gasteiger partial charge in [-0.1, -0.05) is 13.8 Å². The zero-order chi connectivity index (χ0) is 22.9. The number of imidazole rings is 1. The van der Waals surface area contributed by atoms with Crippen molar-refractivity contribution in [3.8, 4) is 0 Å². The summed E-state index contributed by atoms with van der Waals surface area (Å²) >= 11 is 0. The molecule has 1 aliphatic heterocycles. The third-order valence-corrected chi connectivity index (χ3v) is 4.79. The van der Waals surface area contributed by atoms with E-state index < -0.39 is 30.3 Å². The normalized spacial score (nSPS) is 20.0. The van der Waals surface area contributed by atoms with E-state index >= 15 is 0 Å². The van der Waals surface area contributed by atoms with Crippen molar-refractivity contribution in [3.63, 3.8) is 0 Å². The Hall–Kier alpha value is -2.59. The fourth-order valence-corrected chi connectivity index (χ4v) is 3.42. The van der Waals surface area contributed by atoms with Crippen molar-refractivity contribution in [2.45, 2.75) is 71.7 Å². The predicted molar refractivity (Wildman–Crippen MR) is 109 cm³/mol. The number of ether oxygens (including phenoxy) is 1. The molecule has 2 aromatic heterocycles. The van der Waals surface area contributed by atoms with E-state index in [1.165, 1.54) is 15.6 Å². The highest BCUT2D eigenvalue weighted by molar-refractivity contribution is 5.68. The molecule has 0 bridgehead atoms. The smallest absolute Gasteiger partial charge is 0.410 e. The Morgan fingerprint density at radius 1 is 1.35 bits per heavy atom. The molecule has 8 nitrogen and oxygen atoms in total. The van der Waals surface area contributed by atoms with Crippen LogP contribution in [0.25, 0.3) is 5.52 Å². The number of aromatic nitrogens is 4. The van der Waals surface area contributed by atoms with Crippen molar-refractivity contribution in [3.05, 3.63) is 17.7 Å². The molecule has 0 saturated carbocycles. The largest absolute Gasteiger partial charge is 0.444 e. The van der Waals surface area contributed by atoms with Crippen molar-refractivity contribution in [2.24, 2.45) is 5.92 Å². The fraction of sp³-hybridized carbons (Fsp3) is 0.700. The third kappa shape index (κ3) is 5.56. The van der Waals surface area contributed by atoms with Gasteiger partial charge in [-0.25, -0.2) is 32.4 Å². The number of carbonyl (C=O) groups excluding carboxylic acids is 1. The molecule has 0 aliphatic carbocycles.